The molecule has 1 aliphatic heterocycles. The van der Waals surface area contributed by atoms with Gasteiger partial charge < -0.3 is 9.42 Å². The van der Waals surface area contributed by atoms with E-state index >= 15 is 0 Å². The lowest BCUT2D eigenvalue weighted by molar-refractivity contribution is 0.370. The average Bonchev–Trinajstić information content (AvgIpc) is 2.93. The number of aromatic nitrogens is 3. The highest BCUT2D eigenvalue weighted by Crippen LogP contribution is 2.24. The molecule has 2 aromatic heterocycles. The highest BCUT2D eigenvalue weighted by atomic mass is 16.5. The maximum absolute atomic E-state index is 8.80. The van der Waals surface area contributed by atoms with Gasteiger partial charge in [-0.15, -0.1) is 0 Å². The molecule has 0 radical (unpaired) electrons. The summed E-state index contributed by atoms with van der Waals surface area (Å²) < 4.78 is 5.03. The third-order valence-corrected chi connectivity index (χ3v) is 3.79. The lowest BCUT2D eigenvalue weighted by Gasteiger charge is -2.33. The lowest BCUT2D eigenvalue weighted by Crippen LogP contribution is -2.36. The van der Waals surface area contributed by atoms with Crippen LogP contribution in [0.2, 0.25) is 0 Å². The fourth-order valence-corrected chi connectivity index (χ4v) is 2.79. The van der Waals surface area contributed by atoms with E-state index in [-0.39, 0.29) is 0 Å². The van der Waals surface area contributed by atoms with Gasteiger partial charge in [0.1, 0.15) is 11.8 Å². The minimum absolute atomic E-state index is 0.453. The summed E-state index contributed by atoms with van der Waals surface area (Å²) in [6.07, 6.45) is 4.94. The number of piperidine rings is 1. The second-order valence-electron chi connectivity index (χ2n) is 5.40. The van der Waals surface area contributed by atoms with Crippen LogP contribution in [0, 0.1) is 24.2 Å². The van der Waals surface area contributed by atoms with Crippen LogP contribution in [0.25, 0.3) is 0 Å². The third kappa shape index (κ3) is 3.19. The van der Waals surface area contributed by atoms with Crippen LogP contribution in [-0.4, -0.2) is 28.2 Å². The second kappa shape index (κ2) is 5.92. The molecule has 0 unspecified atom stereocenters. The fourth-order valence-electron chi connectivity index (χ4n) is 2.79. The van der Waals surface area contributed by atoms with Crippen LogP contribution in [0.3, 0.4) is 0 Å². The summed E-state index contributed by atoms with van der Waals surface area (Å²) in [5.74, 6) is 1.93. The molecular formula is C15H17N5O. The minimum atomic E-state index is 0.453. The van der Waals surface area contributed by atoms with Gasteiger partial charge in [-0.05, 0) is 30.9 Å². The van der Waals surface area contributed by atoms with Gasteiger partial charge in [0.2, 0.25) is 5.89 Å². The Kier molecular flexibility index (Phi) is 3.82. The molecule has 0 N–H and O–H groups in total. The largest absolute Gasteiger partial charge is 0.370 e. The Hall–Kier alpha value is -2.42. The molecule has 0 spiro atoms. The minimum Gasteiger partial charge on any atom is -0.370 e. The van der Waals surface area contributed by atoms with E-state index in [1.54, 1.807) is 12.3 Å². The lowest BCUT2D eigenvalue weighted by atomic mass is 9.94. The number of hydrogen-bond acceptors (Lipinski definition) is 6. The summed E-state index contributed by atoms with van der Waals surface area (Å²) >= 11 is 0. The van der Waals surface area contributed by atoms with E-state index in [0.29, 0.717) is 17.5 Å². The first-order valence-electron chi connectivity index (χ1n) is 7.15. The van der Waals surface area contributed by atoms with Crippen molar-refractivity contribution in [2.24, 2.45) is 5.92 Å². The Morgan fingerprint density at radius 1 is 1.48 bits per heavy atom. The van der Waals surface area contributed by atoms with Gasteiger partial charge in [-0.25, -0.2) is 4.98 Å². The van der Waals surface area contributed by atoms with Crippen LogP contribution >= 0.6 is 0 Å². The van der Waals surface area contributed by atoms with Crippen LogP contribution < -0.4 is 4.90 Å². The third-order valence-electron chi connectivity index (χ3n) is 3.79. The maximum Gasteiger partial charge on any atom is 0.223 e. The first-order chi connectivity index (χ1) is 10.2. The molecular weight excluding hydrogens is 266 g/mol. The molecule has 1 saturated heterocycles. The molecule has 0 amide bonds. The second-order valence-corrected chi connectivity index (χ2v) is 5.40. The first kappa shape index (κ1) is 13.6. The Labute approximate surface area is 123 Å². The van der Waals surface area contributed by atoms with Gasteiger partial charge in [-0.3, -0.25) is 0 Å². The molecule has 1 aliphatic rings. The van der Waals surface area contributed by atoms with Gasteiger partial charge in [-0.1, -0.05) is 5.16 Å². The van der Waals surface area contributed by atoms with Crippen molar-refractivity contribution < 1.29 is 4.52 Å². The van der Waals surface area contributed by atoms with E-state index in [1.165, 1.54) is 6.42 Å². The van der Waals surface area contributed by atoms with Crippen LogP contribution in [0.15, 0.2) is 22.9 Å². The zero-order valence-electron chi connectivity index (χ0n) is 12.0. The van der Waals surface area contributed by atoms with Crippen molar-refractivity contribution in [1.29, 1.82) is 5.26 Å². The number of nitrogens with zero attached hydrogens (tertiary/aromatic N) is 5. The molecule has 21 heavy (non-hydrogen) atoms. The first-order valence-corrected chi connectivity index (χ1v) is 7.15. The summed E-state index contributed by atoms with van der Waals surface area (Å²) in [5, 5.41) is 12.8. The molecule has 0 aromatic carbocycles. The highest BCUT2D eigenvalue weighted by Gasteiger charge is 2.22. The number of hydrogen-bond donors (Lipinski definition) is 0. The predicted molar refractivity (Wildman–Crippen MR) is 76.6 cm³/mol. The van der Waals surface area contributed by atoms with Crippen molar-refractivity contribution in [3.8, 4) is 6.07 Å². The van der Waals surface area contributed by atoms with Gasteiger partial charge in [0.15, 0.2) is 5.82 Å². The normalized spacial score (nSPS) is 18.5. The summed E-state index contributed by atoms with van der Waals surface area (Å²) in [7, 11) is 0. The quantitative estimate of drug-likeness (QED) is 0.858. The van der Waals surface area contributed by atoms with Gasteiger partial charge in [0.05, 0.1) is 11.9 Å². The number of pyridine rings is 1. The van der Waals surface area contributed by atoms with Crippen LogP contribution in [0.1, 0.15) is 30.3 Å². The van der Waals surface area contributed by atoms with E-state index in [1.807, 2.05) is 19.1 Å². The van der Waals surface area contributed by atoms with Gasteiger partial charge in [0, 0.05) is 26.4 Å². The topological polar surface area (TPSA) is 78.8 Å². The molecule has 3 rings (SSSR count). The SMILES string of the molecule is Cc1nc(C[C@H]2CCCN(c3ccc(C#N)nc3)C2)no1. The average molecular weight is 283 g/mol. The zero-order chi connectivity index (χ0) is 14.7. The summed E-state index contributed by atoms with van der Waals surface area (Å²) in [4.78, 5) is 10.7. The molecule has 6 heteroatoms. The Balaban J connectivity index is 1.66. The zero-order valence-corrected chi connectivity index (χ0v) is 12.0. The molecule has 0 bridgehead atoms. The van der Waals surface area contributed by atoms with Crippen LogP contribution in [0.4, 0.5) is 5.69 Å². The molecule has 2 aromatic rings. The van der Waals surface area contributed by atoms with Crippen molar-refractivity contribution >= 4 is 5.69 Å². The molecule has 0 saturated carbocycles. The van der Waals surface area contributed by atoms with E-state index in [9.17, 15) is 0 Å². The van der Waals surface area contributed by atoms with E-state index in [4.69, 9.17) is 9.78 Å². The molecule has 108 valence electrons. The van der Waals surface area contributed by atoms with Crippen molar-refractivity contribution in [2.75, 3.05) is 18.0 Å². The van der Waals surface area contributed by atoms with Crippen molar-refractivity contribution in [3.63, 3.8) is 0 Å². The summed E-state index contributed by atoms with van der Waals surface area (Å²) in [6.45, 7) is 3.79. The Morgan fingerprint density at radius 2 is 2.38 bits per heavy atom. The Bertz CT molecular complexity index is 643. The van der Waals surface area contributed by atoms with Crippen LogP contribution in [-0.2, 0) is 6.42 Å². The molecule has 1 atom stereocenters. The fraction of sp³-hybridized carbons (Fsp3) is 0.467. The number of anilines is 1. The standard InChI is InChI=1S/C15H17N5O/c1-11-18-15(19-21-11)7-12-3-2-6-20(10-12)14-5-4-13(8-16)17-9-14/h4-5,9,12H,2-3,6-7,10H2,1H3/t12-/m1/s1. The predicted octanol–water partition coefficient (Wildman–Crippen LogP) is 2.10. The number of rotatable bonds is 3. The van der Waals surface area contributed by atoms with Crippen molar-refractivity contribution in [3.05, 3.63) is 35.7 Å². The smallest absolute Gasteiger partial charge is 0.223 e. The molecule has 3 heterocycles. The summed E-state index contributed by atoms with van der Waals surface area (Å²) in [6, 6.07) is 5.77. The number of nitriles is 1. The summed E-state index contributed by atoms with van der Waals surface area (Å²) in [5.41, 5.74) is 1.53. The maximum atomic E-state index is 8.80. The van der Waals surface area contributed by atoms with Crippen molar-refractivity contribution in [2.45, 2.75) is 26.2 Å². The van der Waals surface area contributed by atoms with E-state index in [2.05, 4.69) is 20.0 Å². The molecule has 0 aliphatic carbocycles. The van der Waals surface area contributed by atoms with Gasteiger partial charge in [0.25, 0.3) is 0 Å². The molecule has 6 nitrogen and oxygen atoms in total. The van der Waals surface area contributed by atoms with E-state index in [0.717, 1.165) is 37.4 Å². The monoisotopic (exact) mass is 283 g/mol. The molecule has 1 fully saturated rings. The van der Waals surface area contributed by atoms with Crippen LogP contribution in [0.5, 0.6) is 0 Å². The number of aryl methyl sites for hydroxylation is 1. The Morgan fingerprint density at radius 3 is 3.05 bits per heavy atom. The van der Waals surface area contributed by atoms with Gasteiger partial charge in [-0.2, -0.15) is 10.2 Å². The van der Waals surface area contributed by atoms with E-state index < -0.39 is 0 Å². The highest BCUT2D eigenvalue weighted by molar-refractivity contribution is 5.46. The van der Waals surface area contributed by atoms with Gasteiger partial charge >= 0.3 is 0 Å². The van der Waals surface area contributed by atoms with Crippen molar-refractivity contribution in [1.82, 2.24) is 15.1 Å².